The van der Waals surface area contributed by atoms with Crippen molar-refractivity contribution in [1.82, 2.24) is 0 Å². The summed E-state index contributed by atoms with van der Waals surface area (Å²) in [6, 6.07) is 37.8. The van der Waals surface area contributed by atoms with Crippen molar-refractivity contribution < 1.29 is 23.2 Å². The lowest BCUT2D eigenvalue weighted by Crippen LogP contribution is -2.57. The highest BCUT2D eigenvalue weighted by Crippen LogP contribution is 2.17. The molecule has 4 rings (SSSR count). The van der Waals surface area contributed by atoms with Crippen LogP contribution < -0.4 is 10.4 Å². The molecule has 212 valence electrons. The topological polar surface area (TPSA) is 69.7 Å². The molecule has 0 saturated carbocycles. The zero-order chi connectivity index (χ0) is 29.7. The lowest BCUT2D eigenvalue weighted by Gasteiger charge is -2.34. The van der Waals surface area contributed by atoms with Crippen LogP contribution in [0.15, 0.2) is 109 Å². The van der Waals surface area contributed by atoms with Crippen molar-refractivity contribution in [2.75, 3.05) is 0 Å². The normalized spacial score (nSPS) is 11.1. The van der Waals surface area contributed by atoms with E-state index in [0.29, 0.717) is 6.61 Å². The van der Waals surface area contributed by atoms with E-state index in [-0.39, 0.29) is 18.5 Å². The van der Waals surface area contributed by atoms with Gasteiger partial charge in [-0.05, 0) is 71.7 Å². The van der Waals surface area contributed by atoms with Gasteiger partial charge in [-0.15, -0.1) is 0 Å². The Kier molecular flexibility index (Phi) is 11.7. The Hall–Kier alpha value is -3.88. The van der Waals surface area contributed by atoms with Gasteiger partial charge >= 0.3 is 12.1 Å². The highest BCUT2D eigenvalue weighted by atomic mass is 28.4. The van der Waals surface area contributed by atoms with Crippen LogP contribution >= 0.6 is 0 Å². The maximum absolute atomic E-state index is 12.3. The maximum atomic E-state index is 12.3. The fraction of sp³-hybridized carbons (Fsp3) is 0.235. The van der Waals surface area contributed by atoms with Gasteiger partial charge in [0, 0.05) is 0 Å². The second kappa shape index (κ2) is 15.2. The first kappa shape index (κ1) is 31.6. The summed E-state index contributed by atoms with van der Waals surface area (Å²) in [6.45, 7) is 9.41. The smallest absolute Gasteiger partial charge is 0.373 e. The van der Waals surface area contributed by atoms with E-state index in [9.17, 15) is 4.79 Å². The lowest BCUT2D eigenvalue weighted by molar-refractivity contribution is -0.191. The summed E-state index contributed by atoms with van der Waals surface area (Å²) in [6.07, 6.45) is 2.62. The van der Waals surface area contributed by atoms with Crippen molar-refractivity contribution in [2.45, 2.75) is 52.1 Å². The van der Waals surface area contributed by atoms with Crippen molar-refractivity contribution >= 4 is 39.1 Å². The molecular formula is C34H38O5Si2. The van der Waals surface area contributed by atoms with E-state index in [2.05, 4.69) is 92.9 Å². The molecule has 0 saturated heterocycles. The molecular weight excluding hydrogens is 545 g/mol. The van der Waals surface area contributed by atoms with E-state index in [0.717, 1.165) is 24.0 Å². The van der Waals surface area contributed by atoms with Gasteiger partial charge in [0.05, 0.1) is 6.42 Å². The Morgan fingerprint density at radius 3 is 1.44 bits per heavy atom. The second-order valence-corrected chi connectivity index (χ2v) is 18.9. The predicted octanol–water partition coefficient (Wildman–Crippen LogP) is 5.72. The predicted molar refractivity (Wildman–Crippen MR) is 167 cm³/mol. The number of rotatable bonds is 11. The number of esters is 1. The molecule has 0 spiro atoms. The first-order chi connectivity index (χ1) is 19.6. The Labute approximate surface area is 245 Å². The first-order valence-corrected chi connectivity index (χ1v) is 19.6. The Bertz CT molecular complexity index is 1400. The molecule has 5 nitrogen and oxygen atoms in total. The van der Waals surface area contributed by atoms with Gasteiger partial charge in [0.15, 0.2) is 0 Å². The summed E-state index contributed by atoms with van der Waals surface area (Å²) in [7, 11) is -4.25. The minimum Gasteiger partial charge on any atom is -0.461 e. The van der Waals surface area contributed by atoms with Gasteiger partial charge in [-0.1, -0.05) is 109 Å². The van der Waals surface area contributed by atoms with Gasteiger partial charge in [0.1, 0.15) is 6.61 Å². The molecule has 0 fully saturated rings. The molecule has 0 radical (unpaired) electrons. The van der Waals surface area contributed by atoms with Crippen molar-refractivity contribution in [3.63, 3.8) is 0 Å². The molecule has 4 aromatic carbocycles. The van der Waals surface area contributed by atoms with Crippen molar-refractivity contribution in [1.29, 1.82) is 0 Å². The Morgan fingerprint density at radius 1 is 0.585 bits per heavy atom. The lowest BCUT2D eigenvalue weighted by atomic mass is 10.0. The molecule has 0 aromatic heterocycles. The van der Waals surface area contributed by atoms with Crippen molar-refractivity contribution in [2.24, 2.45) is 0 Å². The van der Waals surface area contributed by atoms with Gasteiger partial charge in [0.2, 0.25) is 16.6 Å². The largest absolute Gasteiger partial charge is 0.461 e. The number of hydrogen-bond acceptors (Lipinski definition) is 5. The second-order valence-electron chi connectivity index (χ2n) is 10.9. The summed E-state index contributed by atoms with van der Waals surface area (Å²) in [5.41, 5.74) is 4.68. The van der Waals surface area contributed by atoms with Crippen LogP contribution in [0.25, 0.3) is 0 Å². The number of ether oxygens (including phenoxy) is 1. The van der Waals surface area contributed by atoms with Crippen LogP contribution in [0.1, 0.15) is 22.3 Å². The third-order valence-corrected chi connectivity index (χ3v) is 14.5. The van der Waals surface area contributed by atoms with E-state index in [4.69, 9.17) is 18.4 Å². The standard InChI is InChI=1S/C33H38O3Si2.CO2/c1-37(2,31-21-17-28(18-22-31)16-15-27-11-7-5-8-12-27)36-38(3,4)32-23-19-29(20-24-32)25-33(34)35-26-30-13-9-6-10-14-30;2-1-3/h5-14,17-24H,15-16,25-26H2,1-4H3;. The maximum Gasteiger partial charge on any atom is 0.373 e. The van der Waals surface area contributed by atoms with Gasteiger partial charge in [-0.3, -0.25) is 4.79 Å². The van der Waals surface area contributed by atoms with E-state index < -0.39 is 16.6 Å². The van der Waals surface area contributed by atoms with Gasteiger partial charge in [-0.25, -0.2) is 0 Å². The molecule has 0 amide bonds. The molecule has 4 aromatic rings. The third kappa shape index (κ3) is 10.2. The van der Waals surface area contributed by atoms with Gasteiger partial charge in [0.25, 0.3) is 0 Å². The molecule has 0 N–H and O–H groups in total. The zero-order valence-corrected chi connectivity index (χ0v) is 26.3. The SMILES string of the molecule is C[Si](C)(O[Si](C)(C)c1ccc(CC(=O)OCc2ccccc2)cc1)c1ccc(CCc2ccccc2)cc1.O=C=O. The highest BCUT2D eigenvalue weighted by molar-refractivity contribution is 6.96. The van der Waals surface area contributed by atoms with E-state index >= 15 is 0 Å². The molecule has 0 heterocycles. The average Bonchev–Trinajstić information content (AvgIpc) is 2.96. The number of carbonyl (C=O) groups excluding carboxylic acids is 3. The Balaban J connectivity index is 0.00000147. The molecule has 0 bridgehead atoms. The molecule has 7 heteroatoms. The zero-order valence-electron chi connectivity index (χ0n) is 24.3. The van der Waals surface area contributed by atoms with E-state index in [1.165, 1.54) is 21.5 Å². The third-order valence-electron chi connectivity index (χ3n) is 6.94. The number of aryl methyl sites for hydroxylation is 2. The highest BCUT2D eigenvalue weighted by Gasteiger charge is 2.35. The summed E-state index contributed by atoms with van der Waals surface area (Å²) in [5.74, 6) is -0.213. The molecule has 41 heavy (non-hydrogen) atoms. The van der Waals surface area contributed by atoms with Crippen LogP contribution in [-0.4, -0.2) is 28.8 Å². The van der Waals surface area contributed by atoms with E-state index in [1.54, 1.807) is 0 Å². The van der Waals surface area contributed by atoms with Crippen LogP contribution in [0.5, 0.6) is 0 Å². The van der Waals surface area contributed by atoms with Crippen molar-refractivity contribution in [3.05, 3.63) is 131 Å². The number of benzene rings is 4. The summed E-state index contributed by atoms with van der Waals surface area (Å²) in [4.78, 5) is 28.6. The molecule has 0 aliphatic carbocycles. The average molecular weight is 583 g/mol. The van der Waals surface area contributed by atoms with Crippen LogP contribution in [0.2, 0.25) is 26.2 Å². The number of carbonyl (C=O) groups is 1. The van der Waals surface area contributed by atoms with Crippen LogP contribution in [0.3, 0.4) is 0 Å². The minimum absolute atomic E-state index is 0.213. The Morgan fingerprint density at radius 2 is 0.976 bits per heavy atom. The fourth-order valence-electron chi connectivity index (χ4n) is 4.74. The van der Waals surface area contributed by atoms with Crippen LogP contribution in [-0.2, 0) is 49.1 Å². The quantitative estimate of drug-likeness (QED) is 0.167. The molecule has 0 aliphatic heterocycles. The van der Waals surface area contributed by atoms with Gasteiger partial charge < -0.3 is 8.85 Å². The summed E-state index contributed by atoms with van der Waals surface area (Å²) >= 11 is 0. The summed E-state index contributed by atoms with van der Waals surface area (Å²) in [5, 5.41) is 2.55. The van der Waals surface area contributed by atoms with Crippen LogP contribution in [0.4, 0.5) is 0 Å². The van der Waals surface area contributed by atoms with Gasteiger partial charge in [-0.2, -0.15) is 9.59 Å². The van der Waals surface area contributed by atoms with E-state index in [1.807, 2.05) is 42.5 Å². The van der Waals surface area contributed by atoms with Crippen molar-refractivity contribution in [3.8, 4) is 0 Å². The molecule has 0 atom stereocenters. The summed E-state index contributed by atoms with van der Waals surface area (Å²) < 4.78 is 12.4. The number of hydrogen-bond donors (Lipinski definition) is 0. The minimum atomic E-state index is -2.15. The molecule has 0 unspecified atom stereocenters. The van der Waals surface area contributed by atoms with Crippen LogP contribution in [0, 0.1) is 0 Å². The molecule has 0 aliphatic rings. The fourth-order valence-corrected chi connectivity index (χ4v) is 12.7. The monoisotopic (exact) mass is 582 g/mol. The first-order valence-electron chi connectivity index (χ1n) is 13.7.